The highest BCUT2D eigenvalue weighted by molar-refractivity contribution is 7.73. The van der Waals surface area contributed by atoms with Crippen LogP contribution in [0.2, 0.25) is 0 Å². The Hall–Kier alpha value is 0.860. The normalized spacial score (nSPS) is 11.1. The van der Waals surface area contributed by atoms with Crippen LogP contribution in [0.25, 0.3) is 0 Å². The van der Waals surface area contributed by atoms with Crippen molar-refractivity contribution >= 4 is 17.2 Å². The summed E-state index contributed by atoms with van der Waals surface area (Å²) in [5.41, 5.74) is 0. The Balaban J connectivity index is 0. The van der Waals surface area contributed by atoms with Gasteiger partial charge in [-0.1, -0.05) is 32.6 Å². The van der Waals surface area contributed by atoms with Crippen molar-refractivity contribution in [2.24, 2.45) is 0 Å². The monoisotopic (exact) mass is 223 g/mol. The fourth-order valence-electron chi connectivity index (χ4n) is 1.37. The minimum atomic E-state index is -0.471. The fourth-order valence-corrected chi connectivity index (χ4v) is 2.54. The first kappa shape index (κ1) is 16.3. The van der Waals surface area contributed by atoms with E-state index < -0.39 is 7.26 Å². The van der Waals surface area contributed by atoms with Gasteiger partial charge in [-0.3, -0.25) is 0 Å². The Bertz CT molecular complexity index is 94.8. The molecule has 0 spiro atoms. The molecule has 13 heavy (non-hydrogen) atoms. The molecule has 0 heterocycles. The van der Waals surface area contributed by atoms with Crippen LogP contribution in [0.3, 0.4) is 0 Å². The maximum atomic E-state index is 2.44. The lowest BCUT2D eigenvalue weighted by atomic mass is 10.1. The van der Waals surface area contributed by atoms with Crippen molar-refractivity contribution in [1.82, 2.24) is 0 Å². The predicted octanol–water partition coefficient (Wildman–Crippen LogP) is 4.31. The van der Waals surface area contributed by atoms with E-state index in [-0.39, 0.29) is 9.90 Å². The van der Waals surface area contributed by atoms with Gasteiger partial charge >= 0.3 is 0 Å². The molecule has 82 valence electrons. The molecule has 0 fully saturated rings. The Morgan fingerprint density at radius 3 is 1.69 bits per heavy atom. The molecule has 2 heteroatoms. The van der Waals surface area contributed by atoms with E-state index in [4.69, 9.17) is 0 Å². The summed E-state index contributed by atoms with van der Waals surface area (Å²) >= 11 is 0. The molecule has 1 unspecified atom stereocenters. The van der Waals surface area contributed by atoms with Crippen LogP contribution in [-0.4, -0.2) is 26.2 Å². The molecule has 0 aromatic rings. The van der Waals surface area contributed by atoms with Gasteiger partial charge in [-0.05, 0) is 12.8 Å². The highest BCUT2D eigenvalue weighted by Crippen LogP contribution is 2.47. The third kappa shape index (κ3) is 15.6. The van der Waals surface area contributed by atoms with Gasteiger partial charge < -0.3 is 0 Å². The zero-order valence-corrected chi connectivity index (χ0v) is 12.4. The molecule has 0 saturated carbocycles. The first-order chi connectivity index (χ1) is 5.56. The summed E-state index contributed by atoms with van der Waals surface area (Å²) < 4.78 is 0. The van der Waals surface area contributed by atoms with Crippen molar-refractivity contribution in [2.45, 2.75) is 45.4 Å². The largest absolute Gasteiger partial charge is 0.153 e. The summed E-state index contributed by atoms with van der Waals surface area (Å²) in [6.07, 6.45) is 10.2. The fraction of sp³-hybridized carbons (Fsp3) is 1.00. The second-order valence-electron chi connectivity index (χ2n) is 4.78. The second-order valence-corrected chi connectivity index (χ2v) is 9.81. The van der Waals surface area contributed by atoms with E-state index in [1.165, 1.54) is 44.7 Å². The third-order valence-corrected chi connectivity index (χ3v) is 3.84. The van der Waals surface area contributed by atoms with Crippen molar-refractivity contribution in [3.8, 4) is 0 Å². The Labute approximate surface area is 89.2 Å². The predicted molar refractivity (Wildman–Crippen MR) is 74.0 cm³/mol. The van der Waals surface area contributed by atoms with Crippen LogP contribution in [0.15, 0.2) is 0 Å². The summed E-state index contributed by atoms with van der Waals surface area (Å²) in [6.45, 7) is 9.61. The molecule has 0 aliphatic carbocycles. The number of rotatable bonds is 7. The minimum Gasteiger partial charge on any atom is -0.153 e. The van der Waals surface area contributed by atoms with Crippen LogP contribution >= 0.6 is 17.2 Å². The van der Waals surface area contributed by atoms with E-state index in [0.29, 0.717) is 0 Å². The van der Waals surface area contributed by atoms with Crippen molar-refractivity contribution < 1.29 is 0 Å². The minimum absolute atomic E-state index is 0. The van der Waals surface area contributed by atoms with Crippen molar-refractivity contribution in [1.29, 1.82) is 0 Å². The van der Waals surface area contributed by atoms with Crippen molar-refractivity contribution in [3.63, 3.8) is 0 Å². The van der Waals surface area contributed by atoms with Crippen molar-refractivity contribution in [3.05, 3.63) is 0 Å². The van der Waals surface area contributed by atoms with Gasteiger partial charge in [-0.15, -0.1) is 0 Å². The molecule has 0 bridgehead atoms. The molecule has 0 aromatic carbocycles. The standard InChI is InChI=1S/C11H26P.H3P/c1-5-6-7-8-9-10-11-12(2,3)4;/h5-11H2,1-4H3;1H3/q+1;. The average Bonchev–Trinajstić information content (AvgIpc) is 1.94. The number of hydrogen-bond acceptors (Lipinski definition) is 0. The summed E-state index contributed by atoms with van der Waals surface area (Å²) in [5, 5.41) is 0. The maximum Gasteiger partial charge on any atom is 0.0586 e. The molecule has 1 atom stereocenters. The maximum absolute atomic E-state index is 2.44. The highest BCUT2D eigenvalue weighted by atomic mass is 31.2. The Morgan fingerprint density at radius 1 is 0.769 bits per heavy atom. The van der Waals surface area contributed by atoms with Gasteiger partial charge in [-0.25, -0.2) is 0 Å². The molecule has 0 saturated heterocycles. The van der Waals surface area contributed by atoms with E-state index in [1.807, 2.05) is 0 Å². The van der Waals surface area contributed by atoms with Gasteiger partial charge in [0.15, 0.2) is 0 Å². The van der Waals surface area contributed by atoms with E-state index in [9.17, 15) is 0 Å². The lowest BCUT2D eigenvalue weighted by Gasteiger charge is -2.10. The summed E-state index contributed by atoms with van der Waals surface area (Å²) in [6, 6.07) is 0. The van der Waals surface area contributed by atoms with Crippen LogP contribution in [0.5, 0.6) is 0 Å². The zero-order chi connectivity index (χ0) is 9.45. The zero-order valence-electron chi connectivity index (χ0n) is 10.1. The van der Waals surface area contributed by atoms with Gasteiger partial charge in [-0.2, -0.15) is 9.90 Å². The van der Waals surface area contributed by atoms with Crippen LogP contribution < -0.4 is 0 Å². The van der Waals surface area contributed by atoms with E-state index in [1.54, 1.807) is 0 Å². The quantitative estimate of drug-likeness (QED) is 0.445. The van der Waals surface area contributed by atoms with Gasteiger partial charge in [0, 0.05) is 27.3 Å². The first-order valence-corrected chi connectivity index (χ1v) is 8.68. The van der Waals surface area contributed by atoms with E-state index >= 15 is 0 Å². The molecular weight excluding hydrogens is 194 g/mol. The SMILES string of the molecule is CCCCCCCC[P+](C)(C)C.P. The van der Waals surface area contributed by atoms with E-state index in [0.717, 1.165) is 0 Å². The molecule has 0 aromatic heterocycles. The first-order valence-electron chi connectivity index (χ1n) is 5.36. The topological polar surface area (TPSA) is 0 Å². The average molecular weight is 223 g/mol. The van der Waals surface area contributed by atoms with Crippen molar-refractivity contribution in [2.75, 3.05) is 26.2 Å². The molecule has 0 radical (unpaired) electrons. The smallest absolute Gasteiger partial charge is 0.0586 e. The summed E-state index contributed by atoms with van der Waals surface area (Å²) in [7, 11) is -0.471. The molecular formula is C11H29P2+. The van der Waals surface area contributed by atoms with Crippen LogP contribution in [0.1, 0.15) is 45.4 Å². The van der Waals surface area contributed by atoms with Crippen LogP contribution in [0, 0.1) is 0 Å². The third-order valence-electron chi connectivity index (χ3n) is 2.18. The van der Waals surface area contributed by atoms with Gasteiger partial charge in [0.05, 0.1) is 6.16 Å². The molecule has 0 amide bonds. The molecule has 0 nitrogen and oxygen atoms in total. The van der Waals surface area contributed by atoms with Gasteiger partial charge in [0.25, 0.3) is 0 Å². The molecule has 0 N–H and O–H groups in total. The number of unbranched alkanes of at least 4 members (excludes halogenated alkanes) is 5. The second kappa shape index (κ2) is 9.42. The Kier molecular flexibility index (Phi) is 11.8. The highest BCUT2D eigenvalue weighted by Gasteiger charge is 2.15. The Morgan fingerprint density at radius 2 is 1.23 bits per heavy atom. The van der Waals surface area contributed by atoms with E-state index in [2.05, 4.69) is 26.9 Å². The molecule has 0 aliphatic heterocycles. The lowest BCUT2D eigenvalue weighted by molar-refractivity contribution is 0.626. The molecule has 0 aliphatic rings. The van der Waals surface area contributed by atoms with Gasteiger partial charge in [0.1, 0.15) is 0 Å². The number of hydrogen-bond donors (Lipinski definition) is 0. The lowest BCUT2D eigenvalue weighted by Crippen LogP contribution is -1.92. The van der Waals surface area contributed by atoms with Crippen LogP contribution in [0.4, 0.5) is 0 Å². The summed E-state index contributed by atoms with van der Waals surface area (Å²) in [5.74, 6) is 0. The van der Waals surface area contributed by atoms with Gasteiger partial charge in [0.2, 0.25) is 0 Å². The summed E-state index contributed by atoms with van der Waals surface area (Å²) in [4.78, 5) is 0. The van der Waals surface area contributed by atoms with Crippen LogP contribution in [-0.2, 0) is 0 Å². The molecule has 0 rings (SSSR count).